The SMILES string of the molecule is COc1ccc(C)cc1-c1nc(CN)c(Br)s1. The smallest absolute Gasteiger partial charge is 0.129 e. The first-order valence-electron chi connectivity index (χ1n) is 5.16. The van der Waals surface area contributed by atoms with Crippen LogP contribution < -0.4 is 10.5 Å². The van der Waals surface area contributed by atoms with Crippen LogP contribution in [0.25, 0.3) is 10.6 Å². The molecule has 0 unspecified atom stereocenters. The molecule has 0 atom stereocenters. The summed E-state index contributed by atoms with van der Waals surface area (Å²) in [5, 5.41) is 0.929. The highest BCUT2D eigenvalue weighted by Crippen LogP contribution is 2.37. The molecule has 0 bridgehead atoms. The van der Waals surface area contributed by atoms with Gasteiger partial charge >= 0.3 is 0 Å². The van der Waals surface area contributed by atoms with E-state index in [4.69, 9.17) is 10.5 Å². The number of hydrogen-bond donors (Lipinski definition) is 1. The Morgan fingerprint density at radius 3 is 2.82 bits per heavy atom. The summed E-state index contributed by atoms with van der Waals surface area (Å²) in [6.07, 6.45) is 0. The van der Waals surface area contributed by atoms with Crippen molar-refractivity contribution in [3.05, 3.63) is 33.2 Å². The van der Waals surface area contributed by atoms with Crippen LogP contribution in [0, 0.1) is 6.92 Å². The first-order chi connectivity index (χ1) is 8.15. The molecule has 17 heavy (non-hydrogen) atoms. The second-order valence-corrected chi connectivity index (χ2v) is 5.96. The van der Waals surface area contributed by atoms with Crippen LogP contribution in [-0.2, 0) is 6.54 Å². The average molecular weight is 313 g/mol. The predicted molar refractivity (Wildman–Crippen MR) is 74.4 cm³/mol. The van der Waals surface area contributed by atoms with Crippen LogP contribution in [0.2, 0.25) is 0 Å². The predicted octanol–water partition coefficient (Wildman–Crippen LogP) is 3.35. The van der Waals surface area contributed by atoms with Gasteiger partial charge in [0.25, 0.3) is 0 Å². The number of ether oxygens (including phenoxy) is 1. The molecule has 5 heteroatoms. The monoisotopic (exact) mass is 312 g/mol. The number of benzene rings is 1. The lowest BCUT2D eigenvalue weighted by Gasteiger charge is -2.06. The Bertz CT molecular complexity index is 539. The maximum absolute atomic E-state index is 5.63. The molecule has 2 N–H and O–H groups in total. The van der Waals surface area contributed by atoms with Crippen molar-refractivity contribution in [2.75, 3.05) is 7.11 Å². The van der Waals surface area contributed by atoms with Crippen LogP contribution in [0.5, 0.6) is 5.75 Å². The maximum atomic E-state index is 5.63. The summed E-state index contributed by atoms with van der Waals surface area (Å²) >= 11 is 5.05. The van der Waals surface area contributed by atoms with Crippen molar-refractivity contribution in [2.45, 2.75) is 13.5 Å². The van der Waals surface area contributed by atoms with Gasteiger partial charge in [0, 0.05) is 6.54 Å². The second kappa shape index (κ2) is 5.16. The highest BCUT2D eigenvalue weighted by atomic mass is 79.9. The molecule has 0 saturated heterocycles. The van der Waals surface area contributed by atoms with Gasteiger partial charge in [0.15, 0.2) is 0 Å². The molecule has 3 nitrogen and oxygen atoms in total. The van der Waals surface area contributed by atoms with Gasteiger partial charge in [-0.1, -0.05) is 11.6 Å². The number of methoxy groups -OCH3 is 1. The lowest BCUT2D eigenvalue weighted by molar-refractivity contribution is 0.416. The summed E-state index contributed by atoms with van der Waals surface area (Å²) in [5.74, 6) is 0.834. The molecule has 1 aromatic carbocycles. The van der Waals surface area contributed by atoms with Gasteiger partial charge in [-0.25, -0.2) is 4.98 Å². The van der Waals surface area contributed by atoms with Crippen molar-refractivity contribution in [2.24, 2.45) is 5.73 Å². The summed E-state index contributed by atoms with van der Waals surface area (Å²) in [4.78, 5) is 4.51. The third-order valence-electron chi connectivity index (χ3n) is 2.43. The minimum absolute atomic E-state index is 0.436. The lowest BCUT2D eigenvalue weighted by atomic mass is 10.1. The van der Waals surface area contributed by atoms with Crippen molar-refractivity contribution in [3.8, 4) is 16.3 Å². The molecular formula is C12H13BrN2OS. The molecule has 2 rings (SSSR count). The van der Waals surface area contributed by atoms with Crippen molar-refractivity contribution >= 4 is 27.3 Å². The van der Waals surface area contributed by atoms with Crippen LogP contribution in [0.1, 0.15) is 11.3 Å². The Morgan fingerprint density at radius 2 is 2.24 bits per heavy atom. The van der Waals surface area contributed by atoms with Gasteiger partial charge in [0.05, 0.1) is 22.2 Å². The molecule has 0 saturated carbocycles. The van der Waals surface area contributed by atoms with E-state index in [-0.39, 0.29) is 0 Å². The molecule has 0 aliphatic rings. The van der Waals surface area contributed by atoms with E-state index in [0.717, 1.165) is 25.8 Å². The molecule has 0 amide bonds. The Kier molecular flexibility index (Phi) is 3.81. The fourth-order valence-electron chi connectivity index (χ4n) is 1.56. The zero-order valence-corrected chi connectivity index (χ0v) is 12.1. The van der Waals surface area contributed by atoms with Crippen LogP contribution in [0.3, 0.4) is 0 Å². The van der Waals surface area contributed by atoms with E-state index in [0.29, 0.717) is 6.54 Å². The quantitative estimate of drug-likeness (QED) is 0.945. The number of thiazole rings is 1. The Balaban J connectivity index is 2.54. The third-order valence-corrected chi connectivity index (χ3v) is 4.29. The van der Waals surface area contributed by atoms with Crippen molar-refractivity contribution < 1.29 is 4.74 Å². The lowest BCUT2D eigenvalue weighted by Crippen LogP contribution is -1.97. The van der Waals surface area contributed by atoms with E-state index < -0.39 is 0 Å². The number of rotatable bonds is 3. The van der Waals surface area contributed by atoms with Crippen LogP contribution in [0.15, 0.2) is 22.0 Å². The number of hydrogen-bond acceptors (Lipinski definition) is 4. The minimum Gasteiger partial charge on any atom is -0.496 e. The number of aryl methyl sites for hydroxylation is 1. The Hall–Kier alpha value is -0.910. The first kappa shape index (κ1) is 12.5. The molecule has 0 fully saturated rings. The van der Waals surface area contributed by atoms with E-state index >= 15 is 0 Å². The summed E-state index contributed by atoms with van der Waals surface area (Å²) in [6, 6.07) is 6.06. The van der Waals surface area contributed by atoms with Crippen molar-refractivity contribution in [1.82, 2.24) is 4.98 Å². The van der Waals surface area contributed by atoms with E-state index in [1.54, 1.807) is 18.4 Å². The van der Waals surface area contributed by atoms with Gasteiger partial charge in [-0.2, -0.15) is 0 Å². The maximum Gasteiger partial charge on any atom is 0.129 e. The molecule has 1 heterocycles. The van der Waals surface area contributed by atoms with Gasteiger partial charge in [-0.15, -0.1) is 11.3 Å². The largest absolute Gasteiger partial charge is 0.496 e. The molecule has 0 aliphatic heterocycles. The zero-order chi connectivity index (χ0) is 12.4. The minimum atomic E-state index is 0.436. The molecule has 1 aromatic heterocycles. The van der Waals surface area contributed by atoms with Crippen LogP contribution in [-0.4, -0.2) is 12.1 Å². The number of aromatic nitrogens is 1. The van der Waals surface area contributed by atoms with E-state index in [1.807, 2.05) is 12.1 Å². The normalized spacial score (nSPS) is 10.6. The topological polar surface area (TPSA) is 48.1 Å². The highest BCUT2D eigenvalue weighted by Gasteiger charge is 2.13. The number of nitrogens with zero attached hydrogens (tertiary/aromatic N) is 1. The molecule has 2 aromatic rings. The molecule has 90 valence electrons. The molecule has 0 radical (unpaired) electrons. The van der Waals surface area contributed by atoms with Crippen LogP contribution >= 0.6 is 27.3 Å². The third kappa shape index (κ3) is 2.51. The number of halogens is 1. The summed E-state index contributed by atoms with van der Waals surface area (Å²) in [7, 11) is 1.67. The van der Waals surface area contributed by atoms with E-state index in [2.05, 4.69) is 33.9 Å². The molecule has 0 spiro atoms. The van der Waals surface area contributed by atoms with Crippen molar-refractivity contribution in [1.29, 1.82) is 0 Å². The number of nitrogens with two attached hydrogens (primary N) is 1. The fourth-order valence-corrected chi connectivity index (χ4v) is 3.12. The van der Waals surface area contributed by atoms with E-state index in [9.17, 15) is 0 Å². The standard InChI is InChI=1S/C12H13BrN2OS/c1-7-3-4-10(16-2)8(5-7)12-15-9(6-14)11(13)17-12/h3-5H,6,14H2,1-2H3. The van der Waals surface area contributed by atoms with Crippen LogP contribution in [0.4, 0.5) is 0 Å². The van der Waals surface area contributed by atoms with Gasteiger partial charge in [0.2, 0.25) is 0 Å². The van der Waals surface area contributed by atoms with Gasteiger partial charge in [-0.3, -0.25) is 0 Å². The van der Waals surface area contributed by atoms with E-state index in [1.165, 1.54) is 5.56 Å². The molecule has 0 aliphatic carbocycles. The Labute approximate surface area is 113 Å². The molecular weight excluding hydrogens is 300 g/mol. The van der Waals surface area contributed by atoms with Gasteiger partial charge in [-0.05, 0) is 35.0 Å². The van der Waals surface area contributed by atoms with Gasteiger partial charge in [0.1, 0.15) is 10.8 Å². The second-order valence-electron chi connectivity index (χ2n) is 3.65. The Morgan fingerprint density at radius 1 is 1.47 bits per heavy atom. The van der Waals surface area contributed by atoms with Gasteiger partial charge < -0.3 is 10.5 Å². The first-order valence-corrected chi connectivity index (χ1v) is 6.77. The summed E-state index contributed by atoms with van der Waals surface area (Å²) < 4.78 is 6.34. The average Bonchev–Trinajstić information content (AvgIpc) is 2.70. The van der Waals surface area contributed by atoms with Crippen molar-refractivity contribution in [3.63, 3.8) is 0 Å². The zero-order valence-electron chi connectivity index (χ0n) is 9.66. The summed E-state index contributed by atoms with van der Waals surface area (Å²) in [5.41, 5.74) is 8.70. The fraction of sp³-hybridized carbons (Fsp3) is 0.250. The highest BCUT2D eigenvalue weighted by molar-refractivity contribution is 9.11. The summed E-state index contributed by atoms with van der Waals surface area (Å²) in [6.45, 7) is 2.49.